The van der Waals surface area contributed by atoms with Gasteiger partial charge in [0.05, 0.1) is 24.7 Å². The van der Waals surface area contributed by atoms with Gasteiger partial charge >= 0.3 is 0 Å². The van der Waals surface area contributed by atoms with Crippen LogP contribution in [0.4, 0.5) is 8.78 Å². The lowest BCUT2D eigenvalue weighted by Gasteiger charge is -2.50. The van der Waals surface area contributed by atoms with Gasteiger partial charge in [0.15, 0.2) is 0 Å². The molecule has 7 atom stereocenters. The number of carbonyl (C=O) groups excluding carboxylic acids is 2. The standard InChI is InChI=1S/C20H30ClF2N3O4/c1-29-13-5-16(23)19(24-6-13)26-8-17(27)25(18(20(26)28)12-9-30-10-12)7-11-2-3-14(21)15(22)4-11/h11-16,18-19,24H,2-10H2,1H3/t11?,13?,14?,15?,16?,18-,19?/m0/s1. The summed E-state index contributed by atoms with van der Waals surface area (Å²) < 4.78 is 39.4. The first kappa shape index (κ1) is 22.2. The molecule has 3 heterocycles. The molecule has 4 rings (SSSR count). The first-order valence-corrected chi connectivity index (χ1v) is 11.2. The maximum atomic E-state index is 14.8. The fraction of sp³-hybridized carbons (Fsp3) is 0.900. The number of nitrogens with zero attached hydrogens (tertiary/aromatic N) is 2. The summed E-state index contributed by atoms with van der Waals surface area (Å²) in [5.74, 6) is -0.645. The summed E-state index contributed by atoms with van der Waals surface area (Å²) in [7, 11) is 1.53. The largest absolute Gasteiger partial charge is 0.380 e. The summed E-state index contributed by atoms with van der Waals surface area (Å²) in [4.78, 5) is 29.4. The number of hydrogen-bond acceptors (Lipinski definition) is 5. The first-order valence-electron chi connectivity index (χ1n) is 10.7. The van der Waals surface area contributed by atoms with Crippen molar-refractivity contribution in [2.24, 2.45) is 11.8 Å². The molecule has 1 saturated carbocycles. The molecule has 4 aliphatic rings. The third kappa shape index (κ3) is 4.31. The van der Waals surface area contributed by atoms with E-state index >= 15 is 0 Å². The topological polar surface area (TPSA) is 71.1 Å². The van der Waals surface area contributed by atoms with Crippen molar-refractivity contribution in [3.63, 3.8) is 0 Å². The Morgan fingerprint density at radius 2 is 1.97 bits per heavy atom. The predicted molar refractivity (Wildman–Crippen MR) is 106 cm³/mol. The van der Waals surface area contributed by atoms with Crippen LogP contribution >= 0.6 is 11.6 Å². The van der Waals surface area contributed by atoms with Gasteiger partial charge in [-0.25, -0.2) is 8.78 Å². The summed E-state index contributed by atoms with van der Waals surface area (Å²) in [6, 6.07) is -0.694. The van der Waals surface area contributed by atoms with Gasteiger partial charge in [0, 0.05) is 32.5 Å². The number of rotatable bonds is 5. The zero-order chi connectivity index (χ0) is 21.4. The van der Waals surface area contributed by atoms with Gasteiger partial charge in [-0.1, -0.05) is 0 Å². The number of nitrogens with one attached hydrogen (secondary N) is 1. The van der Waals surface area contributed by atoms with Gasteiger partial charge in [0.25, 0.3) is 0 Å². The molecule has 0 aromatic rings. The minimum Gasteiger partial charge on any atom is -0.380 e. The Balaban J connectivity index is 1.48. The summed E-state index contributed by atoms with van der Waals surface area (Å²) in [6.07, 6.45) is -1.79. The van der Waals surface area contributed by atoms with E-state index in [1.165, 1.54) is 12.0 Å². The highest BCUT2D eigenvalue weighted by atomic mass is 35.5. The minimum absolute atomic E-state index is 0.0361. The summed E-state index contributed by atoms with van der Waals surface area (Å²) in [5, 5.41) is 2.55. The highest BCUT2D eigenvalue weighted by molar-refractivity contribution is 6.21. The van der Waals surface area contributed by atoms with Crippen LogP contribution in [0.3, 0.4) is 0 Å². The number of amides is 2. The normalized spacial score (nSPS) is 41.1. The van der Waals surface area contributed by atoms with E-state index in [4.69, 9.17) is 21.1 Å². The van der Waals surface area contributed by atoms with Crippen LogP contribution in [-0.2, 0) is 19.1 Å². The second kappa shape index (κ2) is 9.22. The van der Waals surface area contributed by atoms with Crippen LogP contribution in [-0.4, -0.2) is 97.6 Å². The number of piperazine rings is 1. The van der Waals surface area contributed by atoms with Gasteiger partial charge in [0.1, 0.15) is 31.1 Å². The van der Waals surface area contributed by atoms with Crippen molar-refractivity contribution < 1.29 is 27.8 Å². The lowest BCUT2D eigenvalue weighted by molar-refractivity contribution is -0.174. The van der Waals surface area contributed by atoms with E-state index in [1.54, 1.807) is 4.90 Å². The summed E-state index contributed by atoms with van der Waals surface area (Å²) in [5.41, 5.74) is 0. The quantitative estimate of drug-likeness (QED) is 0.636. The van der Waals surface area contributed by atoms with Crippen LogP contribution in [0.15, 0.2) is 0 Å². The van der Waals surface area contributed by atoms with Crippen molar-refractivity contribution in [1.29, 1.82) is 0 Å². The average molecular weight is 450 g/mol. The zero-order valence-electron chi connectivity index (χ0n) is 17.1. The molecule has 0 aromatic heterocycles. The average Bonchev–Trinajstić information content (AvgIpc) is 2.68. The van der Waals surface area contributed by atoms with Crippen LogP contribution in [0.5, 0.6) is 0 Å². The monoisotopic (exact) mass is 449 g/mol. The van der Waals surface area contributed by atoms with Crippen LogP contribution in [0.25, 0.3) is 0 Å². The molecule has 0 aromatic carbocycles. The lowest BCUT2D eigenvalue weighted by atomic mass is 9.85. The second-order valence-electron chi connectivity index (χ2n) is 8.93. The maximum absolute atomic E-state index is 14.8. The van der Waals surface area contributed by atoms with E-state index in [0.717, 1.165) is 6.42 Å². The lowest BCUT2D eigenvalue weighted by Crippen LogP contribution is -2.71. The maximum Gasteiger partial charge on any atom is 0.247 e. The summed E-state index contributed by atoms with van der Waals surface area (Å²) >= 11 is 5.99. The molecule has 7 nitrogen and oxygen atoms in total. The third-order valence-corrected chi connectivity index (χ3v) is 7.41. The molecule has 0 bridgehead atoms. The number of halogens is 3. The summed E-state index contributed by atoms with van der Waals surface area (Å²) in [6.45, 7) is 1.34. The van der Waals surface area contributed by atoms with Gasteiger partial charge in [-0.2, -0.15) is 0 Å². The van der Waals surface area contributed by atoms with Crippen molar-refractivity contribution in [3.8, 4) is 0 Å². The van der Waals surface area contributed by atoms with Crippen molar-refractivity contribution in [2.75, 3.05) is 40.0 Å². The van der Waals surface area contributed by atoms with E-state index in [9.17, 15) is 18.4 Å². The highest BCUT2D eigenvalue weighted by Gasteiger charge is 2.50. The molecule has 3 saturated heterocycles. The van der Waals surface area contributed by atoms with Gasteiger partial charge in [-0.3, -0.25) is 14.9 Å². The van der Waals surface area contributed by atoms with Crippen LogP contribution in [0.2, 0.25) is 0 Å². The Hall–Kier alpha value is -1.03. The molecular formula is C20H30ClF2N3O4. The molecule has 0 radical (unpaired) electrons. The van der Waals surface area contributed by atoms with Crippen LogP contribution in [0, 0.1) is 11.8 Å². The van der Waals surface area contributed by atoms with E-state index in [0.29, 0.717) is 39.1 Å². The molecule has 1 N–H and O–H groups in total. The van der Waals surface area contributed by atoms with Crippen LogP contribution < -0.4 is 5.32 Å². The van der Waals surface area contributed by atoms with E-state index in [1.807, 2.05) is 0 Å². The van der Waals surface area contributed by atoms with Gasteiger partial charge in [0.2, 0.25) is 11.8 Å². The second-order valence-corrected chi connectivity index (χ2v) is 9.49. The number of hydrogen-bond donors (Lipinski definition) is 1. The van der Waals surface area contributed by atoms with Gasteiger partial charge in [-0.15, -0.1) is 11.6 Å². The molecule has 0 spiro atoms. The predicted octanol–water partition coefficient (Wildman–Crippen LogP) is 1.09. The zero-order valence-corrected chi connectivity index (χ0v) is 17.9. The Labute approximate surface area is 180 Å². The van der Waals surface area contributed by atoms with Crippen molar-refractivity contribution in [3.05, 3.63) is 0 Å². The van der Waals surface area contributed by atoms with Gasteiger partial charge in [-0.05, 0) is 25.2 Å². The van der Waals surface area contributed by atoms with Crippen LogP contribution in [0.1, 0.15) is 25.7 Å². The van der Waals surface area contributed by atoms with E-state index in [2.05, 4.69) is 5.32 Å². The molecule has 30 heavy (non-hydrogen) atoms. The Morgan fingerprint density at radius 3 is 2.57 bits per heavy atom. The van der Waals surface area contributed by atoms with Crippen molar-refractivity contribution >= 4 is 23.4 Å². The molecule has 10 heteroatoms. The third-order valence-electron chi connectivity index (χ3n) is 6.92. The Kier molecular flexibility index (Phi) is 6.82. The molecule has 6 unspecified atom stereocenters. The first-order chi connectivity index (χ1) is 14.4. The minimum atomic E-state index is -1.32. The van der Waals surface area contributed by atoms with Gasteiger partial charge < -0.3 is 19.3 Å². The Morgan fingerprint density at radius 1 is 1.20 bits per heavy atom. The SMILES string of the molecule is COC1CNC(N2CC(=O)N(CC3CCC(Cl)C(F)C3)[C@@H](C3COC3)C2=O)C(F)C1. The number of piperidine rings is 1. The molecule has 2 amide bonds. The highest BCUT2D eigenvalue weighted by Crippen LogP contribution is 2.34. The molecular weight excluding hydrogens is 420 g/mol. The number of carbonyl (C=O) groups is 2. The van der Waals surface area contributed by atoms with E-state index in [-0.39, 0.29) is 42.7 Å². The molecule has 4 fully saturated rings. The van der Waals surface area contributed by atoms with Crippen molar-refractivity contribution in [2.45, 2.75) is 61.7 Å². The molecule has 3 aliphatic heterocycles. The number of alkyl halides is 3. The number of ether oxygens (including phenoxy) is 2. The van der Waals surface area contributed by atoms with Crippen molar-refractivity contribution in [1.82, 2.24) is 15.1 Å². The smallest absolute Gasteiger partial charge is 0.247 e. The molecule has 170 valence electrons. The van der Waals surface area contributed by atoms with E-state index < -0.39 is 29.9 Å². The number of methoxy groups -OCH3 is 1. The Bertz CT molecular complexity index is 656. The fourth-order valence-corrected chi connectivity index (χ4v) is 5.28. The fourth-order valence-electron chi connectivity index (χ4n) is 5.05. The molecule has 1 aliphatic carbocycles.